The molecule has 1 saturated heterocycles. The topological polar surface area (TPSA) is 87.7 Å². The highest BCUT2D eigenvalue weighted by atomic mass is 16.5. The predicted molar refractivity (Wildman–Crippen MR) is 122 cm³/mol. The van der Waals surface area contributed by atoms with Crippen LogP contribution in [-0.4, -0.2) is 62.0 Å². The van der Waals surface area contributed by atoms with Crippen molar-refractivity contribution in [3.8, 4) is 0 Å². The lowest BCUT2D eigenvalue weighted by Crippen LogP contribution is -2.54. The van der Waals surface area contributed by atoms with Crippen LogP contribution in [0.2, 0.25) is 0 Å². The number of nitrogens with zero attached hydrogens (tertiary/aromatic N) is 1. The molecule has 1 atom stereocenters. The molecule has 7 nitrogen and oxygen atoms in total. The zero-order valence-corrected chi connectivity index (χ0v) is 18.7. The summed E-state index contributed by atoms with van der Waals surface area (Å²) in [5.74, 6) is -0.570. The number of rotatable bonds is 8. The molecule has 1 fully saturated rings. The van der Waals surface area contributed by atoms with Crippen LogP contribution < -0.4 is 10.6 Å². The van der Waals surface area contributed by atoms with E-state index in [1.54, 1.807) is 19.2 Å². The Morgan fingerprint density at radius 2 is 1.72 bits per heavy atom. The van der Waals surface area contributed by atoms with Gasteiger partial charge in [-0.15, -0.1) is 0 Å². The van der Waals surface area contributed by atoms with Crippen molar-refractivity contribution in [2.75, 3.05) is 33.4 Å². The van der Waals surface area contributed by atoms with Crippen molar-refractivity contribution in [3.63, 3.8) is 0 Å². The quantitative estimate of drug-likeness (QED) is 0.621. The third kappa shape index (κ3) is 6.17. The molecule has 2 N–H and O–H groups in total. The molecule has 1 aliphatic rings. The van der Waals surface area contributed by atoms with Gasteiger partial charge in [-0.05, 0) is 49.9 Å². The van der Waals surface area contributed by atoms with Gasteiger partial charge in [0.25, 0.3) is 11.8 Å². The predicted octanol–water partition coefficient (Wildman–Crippen LogP) is 2.41. The van der Waals surface area contributed by atoms with Crippen molar-refractivity contribution in [3.05, 3.63) is 71.3 Å². The van der Waals surface area contributed by atoms with Gasteiger partial charge in [0.05, 0.1) is 6.61 Å². The molecule has 0 aromatic heterocycles. The number of methoxy groups -OCH3 is 1. The number of carbonyl (C=O) groups is 3. The van der Waals surface area contributed by atoms with E-state index in [1.165, 1.54) is 0 Å². The van der Waals surface area contributed by atoms with E-state index >= 15 is 0 Å². The summed E-state index contributed by atoms with van der Waals surface area (Å²) < 4.78 is 5.02. The number of hydrogen-bond acceptors (Lipinski definition) is 4. The Morgan fingerprint density at radius 3 is 2.38 bits per heavy atom. The molecule has 0 radical (unpaired) electrons. The summed E-state index contributed by atoms with van der Waals surface area (Å²) in [6.07, 6.45) is 1.27. The fourth-order valence-corrected chi connectivity index (χ4v) is 3.99. The van der Waals surface area contributed by atoms with Crippen LogP contribution in [0.15, 0.2) is 54.6 Å². The minimum absolute atomic E-state index is 0.00561. The Morgan fingerprint density at radius 1 is 1.03 bits per heavy atom. The number of piperidine rings is 1. The first-order valence-corrected chi connectivity index (χ1v) is 11.0. The van der Waals surface area contributed by atoms with Crippen molar-refractivity contribution in [2.24, 2.45) is 5.92 Å². The number of nitrogens with one attached hydrogen (secondary N) is 2. The minimum atomic E-state index is -0.672. The first-order chi connectivity index (χ1) is 15.5. The summed E-state index contributed by atoms with van der Waals surface area (Å²) >= 11 is 0. The van der Waals surface area contributed by atoms with Gasteiger partial charge in [0, 0.05) is 37.9 Å². The number of amides is 3. The van der Waals surface area contributed by atoms with E-state index in [9.17, 15) is 14.4 Å². The monoisotopic (exact) mass is 437 g/mol. The third-order valence-corrected chi connectivity index (χ3v) is 5.77. The summed E-state index contributed by atoms with van der Waals surface area (Å²) in [6, 6.07) is 15.8. The Balaban J connectivity index is 1.67. The van der Waals surface area contributed by atoms with E-state index < -0.39 is 6.04 Å². The fourth-order valence-electron chi connectivity index (χ4n) is 3.99. The van der Waals surface area contributed by atoms with Crippen LogP contribution >= 0.6 is 0 Å². The molecule has 0 spiro atoms. The Labute approximate surface area is 189 Å². The Hall–Kier alpha value is -3.19. The Kier molecular flexibility index (Phi) is 8.39. The first-order valence-electron chi connectivity index (χ1n) is 11.0. The number of aryl methyl sites for hydroxylation is 1. The van der Waals surface area contributed by atoms with Crippen LogP contribution in [0.3, 0.4) is 0 Å². The van der Waals surface area contributed by atoms with Crippen molar-refractivity contribution in [1.82, 2.24) is 15.5 Å². The largest absolute Gasteiger partial charge is 0.383 e. The second-order valence-electron chi connectivity index (χ2n) is 8.10. The molecule has 7 heteroatoms. The molecular weight excluding hydrogens is 406 g/mol. The number of ether oxygens (including phenoxy) is 1. The second kappa shape index (κ2) is 11.4. The highest BCUT2D eigenvalue weighted by Gasteiger charge is 2.34. The van der Waals surface area contributed by atoms with E-state index in [1.807, 2.05) is 54.3 Å². The molecule has 0 unspecified atom stereocenters. The molecule has 0 bridgehead atoms. The van der Waals surface area contributed by atoms with Gasteiger partial charge in [0.1, 0.15) is 6.04 Å². The lowest BCUT2D eigenvalue weighted by atomic mass is 9.88. The number of carbonyl (C=O) groups excluding carboxylic acids is 3. The van der Waals surface area contributed by atoms with Crippen molar-refractivity contribution in [2.45, 2.75) is 25.8 Å². The molecule has 170 valence electrons. The second-order valence-corrected chi connectivity index (χ2v) is 8.10. The van der Waals surface area contributed by atoms with Crippen LogP contribution in [0, 0.1) is 12.8 Å². The highest BCUT2D eigenvalue weighted by Crippen LogP contribution is 2.23. The summed E-state index contributed by atoms with van der Waals surface area (Å²) in [5.41, 5.74) is 2.16. The molecule has 32 heavy (non-hydrogen) atoms. The summed E-state index contributed by atoms with van der Waals surface area (Å²) in [6.45, 7) is 3.78. The van der Waals surface area contributed by atoms with E-state index in [0.29, 0.717) is 50.2 Å². The van der Waals surface area contributed by atoms with E-state index in [2.05, 4.69) is 10.6 Å². The average Bonchev–Trinajstić information content (AvgIpc) is 2.82. The summed E-state index contributed by atoms with van der Waals surface area (Å²) in [4.78, 5) is 40.3. The highest BCUT2D eigenvalue weighted by molar-refractivity contribution is 5.98. The zero-order chi connectivity index (χ0) is 22.9. The smallest absolute Gasteiger partial charge is 0.253 e. The van der Waals surface area contributed by atoms with Gasteiger partial charge in [0.15, 0.2) is 0 Å². The number of likely N-dealkylation sites (tertiary alicyclic amines) is 1. The van der Waals surface area contributed by atoms with Crippen LogP contribution in [0.1, 0.15) is 39.1 Å². The lowest BCUT2D eigenvalue weighted by Gasteiger charge is -2.36. The molecule has 2 aromatic rings. The summed E-state index contributed by atoms with van der Waals surface area (Å²) in [5, 5.41) is 5.79. The lowest BCUT2D eigenvalue weighted by molar-refractivity contribution is -0.124. The molecule has 2 aromatic carbocycles. The SMILES string of the molecule is COCCNC(=O)[C@H](NC(=O)c1cccc(C)c1)C1CCN(C(=O)c2ccccc2)CC1. The van der Waals surface area contributed by atoms with Crippen LogP contribution in [0.5, 0.6) is 0 Å². The third-order valence-electron chi connectivity index (χ3n) is 5.77. The number of hydrogen-bond donors (Lipinski definition) is 2. The first kappa shape index (κ1) is 23.5. The Bertz CT molecular complexity index is 924. The van der Waals surface area contributed by atoms with Gasteiger partial charge < -0.3 is 20.3 Å². The van der Waals surface area contributed by atoms with Gasteiger partial charge in [-0.3, -0.25) is 14.4 Å². The molecule has 3 rings (SSSR count). The van der Waals surface area contributed by atoms with Gasteiger partial charge in [-0.25, -0.2) is 0 Å². The van der Waals surface area contributed by atoms with Gasteiger partial charge in [-0.1, -0.05) is 35.9 Å². The van der Waals surface area contributed by atoms with Gasteiger partial charge in [-0.2, -0.15) is 0 Å². The molecule has 1 aliphatic heterocycles. The molecule has 0 aliphatic carbocycles. The molecular formula is C25H31N3O4. The van der Waals surface area contributed by atoms with Gasteiger partial charge >= 0.3 is 0 Å². The van der Waals surface area contributed by atoms with Crippen molar-refractivity contribution >= 4 is 17.7 Å². The zero-order valence-electron chi connectivity index (χ0n) is 18.7. The average molecular weight is 438 g/mol. The number of benzene rings is 2. The van der Waals surface area contributed by atoms with Crippen LogP contribution in [0.25, 0.3) is 0 Å². The van der Waals surface area contributed by atoms with Crippen molar-refractivity contribution in [1.29, 1.82) is 0 Å². The standard InChI is InChI=1S/C25H31N3O4/c1-18-7-6-10-21(17-18)23(29)27-22(24(30)26-13-16-32-2)19-11-14-28(15-12-19)25(31)20-8-4-3-5-9-20/h3-10,17,19,22H,11-16H2,1-2H3,(H,26,30)(H,27,29)/t22-/m1/s1. The molecule has 1 heterocycles. The van der Waals surface area contributed by atoms with Crippen molar-refractivity contribution < 1.29 is 19.1 Å². The van der Waals surface area contributed by atoms with E-state index in [4.69, 9.17) is 4.74 Å². The van der Waals surface area contributed by atoms with Crippen LogP contribution in [-0.2, 0) is 9.53 Å². The normalized spacial score (nSPS) is 15.1. The van der Waals surface area contributed by atoms with E-state index in [-0.39, 0.29) is 23.6 Å². The summed E-state index contributed by atoms with van der Waals surface area (Å²) in [7, 11) is 1.57. The minimum Gasteiger partial charge on any atom is -0.383 e. The fraction of sp³-hybridized carbons (Fsp3) is 0.400. The maximum absolute atomic E-state index is 12.9. The maximum Gasteiger partial charge on any atom is 0.253 e. The maximum atomic E-state index is 12.9. The van der Waals surface area contributed by atoms with Gasteiger partial charge in [0.2, 0.25) is 5.91 Å². The molecule has 3 amide bonds. The van der Waals surface area contributed by atoms with E-state index in [0.717, 1.165) is 5.56 Å². The molecule has 0 saturated carbocycles. The van der Waals surface area contributed by atoms with Crippen LogP contribution in [0.4, 0.5) is 0 Å².